The summed E-state index contributed by atoms with van der Waals surface area (Å²) in [5.41, 5.74) is 0.819. The van der Waals surface area contributed by atoms with E-state index in [1.165, 1.54) is 0 Å². The largest absolute Gasteiger partial charge is 0.350 e. The summed E-state index contributed by atoms with van der Waals surface area (Å²) in [6, 6.07) is 0. The highest BCUT2D eigenvalue weighted by molar-refractivity contribution is 5.48. The maximum Gasteiger partial charge on any atom is 0.182 e. The van der Waals surface area contributed by atoms with Crippen LogP contribution in [-0.2, 0) is 0 Å². The summed E-state index contributed by atoms with van der Waals surface area (Å²) in [6.07, 6.45) is 3.37. The van der Waals surface area contributed by atoms with Crippen molar-refractivity contribution in [3.63, 3.8) is 0 Å². The van der Waals surface area contributed by atoms with Crippen LogP contribution in [0.2, 0.25) is 0 Å². The molecule has 2 aliphatic heterocycles. The molecule has 0 fully saturated rings. The zero-order valence-corrected chi connectivity index (χ0v) is 5.50. The van der Waals surface area contributed by atoms with Crippen molar-refractivity contribution in [1.82, 2.24) is 19.9 Å². The highest BCUT2D eigenvalue weighted by Crippen LogP contribution is 2.11. The molecule has 0 radical (unpaired) electrons. The predicted molar refractivity (Wildman–Crippen MR) is 35.5 cm³/mol. The van der Waals surface area contributed by atoms with Gasteiger partial charge in [-0.25, -0.2) is 15.0 Å². The zero-order valence-electron chi connectivity index (χ0n) is 5.50. The van der Waals surface area contributed by atoms with E-state index in [9.17, 15) is 0 Å². The predicted octanol–water partition coefficient (Wildman–Crippen LogP) is 0.613. The molecule has 2 rings (SSSR count). The average Bonchev–Trinajstić information content (AvgIpc) is 2.27. The van der Waals surface area contributed by atoms with Crippen LogP contribution >= 0.6 is 0 Å². The Kier molecular flexibility index (Phi) is 0.943. The summed E-state index contributed by atoms with van der Waals surface area (Å²) in [5, 5.41) is 0. The number of H-pyrrole nitrogens is 1. The van der Waals surface area contributed by atoms with Gasteiger partial charge in [0.15, 0.2) is 5.82 Å². The third-order valence-corrected chi connectivity index (χ3v) is 1.26. The molecule has 1 N–H and O–H groups in total. The molecule has 2 heterocycles. The quantitative estimate of drug-likeness (QED) is 0.574. The fraction of sp³-hybridized carbons (Fsp3) is 0.167. The van der Waals surface area contributed by atoms with E-state index in [2.05, 4.69) is 19.9 Å². The van der Waals surface area contributed by atoms with Gasteiger partial charge < -0.3 is 4.98 Å². The van der Waals surface area contributed by atoms with E-state index in [1.54, 1.807) is 12.5 Å². The van der Waals surface area contributed by atoms with Crippen molar-refractivity contribution in [3.8, 4) is 11.5 Å². The first-order valence-electron chi connectivity index (χ1n) is 2.99. The number of nitrogens with one attached hydrogen (secondary N) is 1. The second-order valence-electron chi connectivity index (χ2n) is 2.05. The topological polar surface area (TPSA) is 54.5 Å². The van der Waals surface area contributed by atoms with Gasteiger partial charge in [0.25, 0.3) is 0 Å². The van der Waals surface area contributed by atoms with E-state index < -0.39 is 0 Å². The first kappa shape index (κ1) is 5.34. The van der Waals surface area contributed by atoms with Crippen LogP contribution < -0.4 is 0 Å². The SMILES string of the molecule is Cc1nc2c[nH]cnc-2n1. The molecule has 0 amide bonds. The van der Waals surface area contributed by atoms with Crippen molar-refractivity contribution in [2.24, 2.45) is 0 Å². The summed E-state index contributed by atoms with van der Waals surface area (Å²) in [5.74, 6) is 1.47. The lowest BCUT2D eigenvalue weighted by Gasteiger charge is -1.88. The third-order valence-electron chi connectivity index (χ3n) is 1.26. The van der Waals surface area contributed by atoms with Gasteiger partial charge in [-0.15, -0.1) is 0 Å². The second-order valence-corrected chi connectivity index (χ2v) is 2.05. The number of nitrogens with zero attached hydrogens (tertiary/aromatic N) is 3. The number of rotatable bonds is 0. The molecule has 0 saturated carbocycles. The van der Waals surface area contributed by atoms with Crippen molar-refractivity contribution in [2.75, 3.05) is 0 Å². The molecule has 0 aliphatic carbocycles. The van der Waals surface area contributed by atoms with E-state index >= 15 is 0 Å². The lowest BCUT2D eigenvalue weighted by atomic mass is 10.4. The Hall–Kier alpha value is -1.45. The van der Waals surface area contributed by atoms with Crippen molar-refractivity contribution < 1.29 is 0 Å². The van der Waals surface area contributed by atoms with Gasteiger partial charge in [0.05, 0.1) is 6.33 Å². The number of aromatic nitrogens is 4. The molecule has 50 valence electrons. The minimum Gasteiger partial charge on any atom is -0.350 e. The van der Waals surface area contributed by atoms with Gasteiger partial charge in [0, 0.05) is 6.20 Å². The molecular formula is C6H6N4. The van der Waals surface area contributed by atoms with Gasteiger partial charge in [-0.05, 0) is 6.92 Å². The minimum atomic E-state index is 0.705. The zero-order chi connectivity index (χ0) is 6.97. The van der Waals surface area contributed by atoms with Crippen LogP contribution in [0.4, 0.5) is 0 Å². The molecule has 0 spiro atoms. The Morgan fingerprint density at radius 3 is 3.10 bits per heavy atom. The van der Waals surface area contributed by atoms with Gasteiger partial charge in [-0.2, -0.15) is 0 Å². The van der Waals surface area contributed by atoms with Crippen LogP contribution in [0.3, 0.4) is 0 Å². The molecule has 0 atom stereocenters. The van der Waals surface area contributed by atoms with E-state index in [1.807, 2.05) is 6.92 Å². The molecule has 4 nitrogen and oxygen atoms in total. The fourth-order valence-corrected chi connectivity index (χ4v) is 0.866. The Labute approximate surface area is 57.7 Å². The Bertz CT molecular complexity index is 284. The lowest BCUT2D eigenvalue weighted by Crippen LogP contribution is -1.84. The first-order valence-corrected chi connectivity index (χ1v) is 2.99. The van der Waals surface area contributed by atoms with Crippen LogP contribution in [0.25, 0.3) is 11.5 Å². The summed E-state index contributed by atoms with van der Waals surface area (Å²) < 4.78 is 0. The number of aromatic amines is 1. The van der Waals surface area contributed by atoms with Crippen molar-refractivity contribution in [3.05, 3.63) is 18.3 Å². The number of hydrogen-bond donors (Lipinski definition) is 1. The number of imidazole rings is 1. The Balaban J connectivity index is 2.76. The van der Waals surface area contributed by atoms with Crippen LogP contribution in [-0.4, -0.2) is 19.9 Å². The second kappa shape index (κ2) is 1.76. The Morgan fingerprint density at radius 2 is 2.30 bits per heavy atom. The summed E-state index contributed by atoms with van der Waals surface area (Å²) >= 11 is 0. The summed E-state index contributed by atoms with van der Waals surface area (Å²) in [6.45, 7) is 1.85. The monoisotopic (exact) mass is 134 g/mol. The van der Waals surface area contributed by atoms with E-state index in [-0.39, 0.29) is 0 Å². The number of aryl methyl sites for hydroxylation is 1. The van der Waals surface area contributed by atoms with E-state index in [0.717, 1.165) is 11.5 Å². The molecular weight excluding hydrogens is 128 g/mol. The normalized spacial score (nSPS) is 10.5. The van der Waals surface area contributed by atoms with Crippen LogP contribution in [0.5, 0.6) is 0 Å². The van der Waals surface area contributed by atoms with Crippen molar-refractivity contribution in [1.29, 1.82) is 0 Å². The van der Waals surface area contributed by atoms with Crippen molar-refractivity contribution >= 4 is 0 Å². The van der Waals surface area contributed by atoms with Gasteiger partial charge in [0.1, 0.15) is 11.5 Å². The highest BCUT2D eigenvalue weighted by Gasteiger charge is 2.06. The molecule has 4 heteroatoms. The molecule has 0 aromatic carbocycles. The lowest BCUT2D eigenvalue weighted by molar-refractivity contribution is 1.12. The maximum absolute atomic E-state index is 4.11. The van der Waals surface area contributed by atoms with E-state index in [4.69, 9.17) is 0 Å². The van der Waals surface area contributed by atoms with Gasteiger partial charge in [0.2, 0.25) is 0 Å². The maximum atomic E-state index is 4.11. The third kappa shape index (κ3) is 0.655. The molecule has 0 aromatic heterocycles. The van der Waals surface area contributed by atoms with Gasteiger partial charge in [-0.1, -0.05) is 0 Å². The molecule has 0 unspecified atom stereocenters. The number of hydrogen-bond acceptors (Lipinski definition) is 3. The smallest absolute Gasteiger partial charge is 0.182 e. The fourth-order valence-electron chi connectivity index (χ4n) is 0.866. The molecule has 0 bridgehead atoms. The van der Waals surface area contributed by atoms with Crippen LogP contribution in [0.1, 0.15) is 5.82 Å². The molecule has 0 saturated heterocycles. The molecule has 10 heavy (non-hydrogen) atoms. The summed E-state index contributed by atoms with van der Waals surface area (Å²) in [7, 11) is 0. The minimum absolute atomic E-state index is 0.705. The molecule has 0 aromatic rings. The van der Waals surface area contributed by atoms with Crippen LogP contribution in [0, 0.1) is 6.92 Å². The number of fused-ring (bicyclic) bond motifs is 1. The standard InChI is InChI=1S/C6H6N4/c1-4-9-5-2-7-3-8-6(5)10-4/h2-3H,1H3,(H,7,8,9,10). The first-order chi connectivity index (χ1) is 4.86. The Morgan fingerprint density at radius 1 is 1.40 bits per heavy atom. The van der Waals surface area contributed by atoms with Crippen LogP contribution in [0.15, 0.2) is 12.5 Å². The summed E-state index contributed by atoms with van der Waals surface area (Å²) in [4.78, 5) is 15.0. The van der Waals surface area contributed by atoms with Gasteiger partial charge in [-0.3, -0.25) is 0 Å². The molecule has 2 aliphatic rings. The highest BCUT2D eigenvalue weighted by atomic mass is 15.0. The van der Waals surface area contributed by atoms with E-state index in [0.29, 0.717) is 5.82 Å². The van der Waals surface area contributed by atoms with Gasteiger partial charge >= 0.3 is 0 Å². The average molecular weight is 134 g/mol. The van der Waals surface area contributed by atoms with Crippen molar-refractivity contribution in [2.45, 2.75) is 6.92 Å².